The van der Waals surface area contributed by atoms with Gasteiger partial charge in [-0.15, -0.1) is 0 Å². The Labute approximate surface area is 176 Å². The van der Waals surface area contributed by atoms with Gasteiger partial charge < -0.3 is 14.8 Å². The Morgan fingerprint density at radius 2 is 1.87 bits per heavy atom. The molecule has 0 spiro atoms. The minimum atomic E-state index is -1.23. The lowest BCUT2D eigenvalue weighted by molar-refractivity contribution is -0.150. The predicted molar refractivity (Wildman–Crippen MR) is 110 cm³/mol. The lowest BCUT2D eigenvalue weighted by atomic mass is 9.96. The van der Waals surface area contributed by atoms with E-state index in [4.69, 9.17) is 9.47 Å². The molecular weight excluding hydrogens is 386 g/mol. The van der Waals surface area contributed by atoms with Gasteiger partial charge in [-0.3, -0.25) is 10.1 Å². The van der Waals surface area contributed by atoms with E-state index in [1.807, 2.05) is 6.92 Å². The lowest BCUT2D eigenvalue weighted by Crippen LogP contribution is -2.48. The zero-order valence-electron chi connectivity index (χ0n) is 17.3. The van der Waals surface area contributed by atoms with Crippen LogP contribution in [-0.4, -0.2) is 36.7 Å². The Balaban J connectivity index is 1.89. The summed E-state index contributed by atoms with van der Waals surface area (Å²) >= 11 is 0. The molecule has 8 nitrogen and oxygen atoms in total. The zero-order chi connectivity index (χ0) is 21.9. The van der Waals surface area contributed by atoms with Crippen molar-refractivity contribution in [3.8, 4) is 11.8 Å². The summed E-state index contributed by atoms with van der Waals surface area (Å²) in [6.45, 7) is 3.74. The van der Waals surface area contributed by atoms with Gasteiger partial charge in [-0.1, -0.05) is 31.4 Å². The van der Waals surface area contributed by atoms with E-state index in [1.165, 1.54) is 13.0 Å². The molecule has 0 bridgehead atoms. The van der Waals surface area contributed by atoms with Crippen molar-refractivity contribution in [2.24, 2.45) is 0 Å². The maximum atomic E-state index is 12.2. The monoisotopic (exact) mass is 413 g/mol. The summed E-state index contributed by atoms with van der Waals surface area (Å²) in [5, 5.41) is 14.2. The van der Waals surface area contributed by atoms with Gasteiger partial charge in [0, 0.05) is 6.04 Å². The summed E-state index contributed by atoms with van der Waals surface area (Å²) in [7, 11) is 0. The van der Waals surface area contributed by atoms with Gasteiger partial charge in [0.2, 0.25) is 0 Å². The molecule has 30 heavy (non-hydrogen) atoms. The number of carbonyl (C=O) groups is 3. The van der Waals surface area contributed by atoms with E-state index in [0.717, 1.165) is 32.1 Å². The van der Waals surface area contributed by atoms with E-state index in [-0.39, 0.29) is 11.6 Å². The molecule has 0 heterocycles. The van der Waals surface area contributed by atoms with E-state index in [0.29, 0.717) is 17.9 Å². The fraction of sp³-hybridized carbons (Fsp3) is 0.455. The molecule has 1 aromatic carbocycles. The van der Waals surface area contributed by atoms with E-state index in [1.54, 1.807) is 30.3 Å². The number of nitrogens with zero attached hydrogens (tertiary/aromatic N) is 1. The molecule has 2 N–H and O–H groups in total. The molecule has 0 saturated heterocycles. The van der Waals surface area contributed by atoms with Gasteiger partial charge in [-0.25, -0.2) is 9.59 Å². The van der Waals surface area contributed by atoms with E-state index >= 15 is 0 Å². The van der Waals surface area contributed by atoms with Crippen molar-refractivity contribution in [3.05, 3.63) is 35.4 Å². The second-order valence-electron chi connectivity index (χ2n) is 7.02. The summed E-state index contributed by atoms with van der Waals surface area (Å²) in [6, 6.07) is 8.04. The van der Waals surface area contributed by atoms with Gasteiger partial charge >= 0.3 is 12.0 Å². The van der Waals surface area contributed by atoms with Crippen LogP contribution in [0.3, 0.4) is 0 Å². The average molecular weight is 413 g/mol. The number of amides is 3. The van der Waals surface area contributed by atoms with Gasteiger partial charge in [0.25, 0.3) is 5.91 Å². The van der Waals surface area contributed by atoms with E-state index < -0.39 is 24.0 Å². The molecule has 3 amide bonds. The Morgan fingerprint density at radius 3 is 2.47 bits per heavy atom. The average Bonchev–Trinajstić information content (AvgIpc) is 2.73. The van der Waals surface area contributed by atoms with Crippen molar-refractivity contribution in [3.63, 3.8) is 0 Å². The number of hydrogen-bond acceptors (Lipinski definition) is 6. The quantitative estimate of drug-likeness (QED) is 0.403. The second-order valence-corrected chi connectivity index (χ2v) is 7.02. The van der Waals surface area contributed by atoms with Crippen LogP contribution < -0.4 is 15.4 Å². The highest BCUT2D eigenvalue weighted by Gasteiger charge is 2.23. The van der Waals surface area contributed by atoms with Crippen molar-refractivity contribution in [1.29, 1.82) is 5.26 Å². The Morgan fingerprint density at radius 1 is 1.20 bits per heavy atom. The third-order valence-corrected chi connectivity index (χ3v) is 4.67. The van der Waals surface area contributed by atoms with Crippen LogP contribution in [0.1, 0.15) is 51.5 Å². The van der Waals surface area contributed by atoms with Crippen LogP contribution in [0.5, 0.6) is 5.75 Å². The molecule has 2 rings (SSSR count). The molecule has 1 atom stereocenters. The molecular formula is C22H27N3O5. The summed E-state index contributed by atoms with van der Waals surface area (Å²) in [4.78, 5) is 36.3. The molecule has 8 heteroatoms. The van der Waals surface area contributed by atoms with Crippen LogP contribution in [0.25, 0.3) is 6.08 Å². The Bertz CT molecular complexity index is 820. The van der Waals surface area contributed by atoms with Crippen molar-refractivity contribution in [2.75, 3.05) is 6.61 Å². The second kappa shape index (κ2) is 11.6. The smallest absolute Gasteiger partial charge is 0.349 e. The van der Waals surface area contributed by atoms with Gasteiger partial charge in [0.1, 0.15) is 17.4 Å². The third-order valence-electron chi connectivity index (χ3n) is 4.67. The molecule has 1 aliphatic rings. The van der Waals surface area contributed by atoms with E-state index in [9.17, 15) is 19.6 Å². The number of nitriles is 1. The lowest BCUT2D eigenvalue weighted by Gasteiger charge is -2.23. The molecule has 1 aromatic rings. The normalized spacial score (nSPS) is 15.4. The molecule has 1 aliphatic carbocycles. The highest BCUT2D eigenvalue weighted by molar-refractivity contribution is 6.01. The predicted octanol–water partition coefficient (Wildman–Crippen LogP) is 3.08. The summed E-state index contributed by atoms with van der Waals surface area (Å²) in [5.74, 6) is -1.02. The molecule has 0 radical (unpaired) electrons. The van der Waals surface area contributed by atoms with Gasteiger partial charge in [-0.05, 0) is 50.5 Å². The maximum absolute atomic E-state index is 12.2. The number of ether oxygens (including phenoxy) is 2. The number of benzene rings is 1. The van der Waals surface area contributed by atoms with Crippen molar-refractivity contribution in [1.82, 2.24) is 10.6 Å². The first kappa shape index (κ1) is 22.9. The summed E-state index contributed by atoms with van der Waals surface area (Å²) < 4.78 is 10.4. The van der Waals surface area contributed by atoms with Crippen molar-refractivity contribution in [2.45, 2.75) is 58.1 Å². The maximum Gasteiger partial charge on any atom is 0.349 e. The number of imide groups is 1. The van der Waals surface area contributed by atoms with Crippen molar-refractivity contribution < 1.29 is 23.9 Å². The Hall–Kier alpha value is -3.34. The van der Waals surface area contributed by atoms with Crippen LogP contribution in [0.2, 0.25) is 0 Å². The van der Waals surface area contributed by atoms with Crippen LogP contribution >= 0.6 is 0 Å². The van der Waals surface area contributed by atoms with Gasteiger partial charge in [0.05, 0.1) is 6.61 Å². The van der Waals surface area contributed by atoms with Gasteiger partial charge in [0.15, 0.2) is 6.10 Å². The standard InChI is InChI=1S/C22H27N3O5/c1-3-29-19-11-9-16(10-12-19)13-17(14-23)21(27)30-15(2)20(26)25-22(28)24-18-7-5-4-6-8-18/h9-13,15,18H,3-8H2,1-2H3,(H2,24,25,26,28)/b17-13+/t15-/m0/s1. The first-order valence-corrected chi connectivity index (χ1v) is 10.1. The van der Waals surface area contributed by atoms with E-state index in [2.05, 4.69) is 10.6 Å². The number of carbonyl (C=O) groups excluding carboxylic acids is 3. The third kappa shape index (κ3) is 7.24. The summed E-state index contributed by atoms with van der Waals surface area (Å²) in [6.07, 6.45) is 5.14. The molecule has 160 valence electrons. The molecule has 0 aliphatic heterocycles. The number of rotatable bonds is 7. The molecule has 0 aromatic heterocycles. The first-order valence-electron chi connectivity index (χ1n) is 10.1. The van der Waals surface area contributed by atoms with Crippen LogP contribution in [0.15, 0.2) is 29.8 Å². The largest absolute Gasteiger partial charge is 0.494 e. The number of urea groups is 1. The van der Waals surface area contributed by atoms with Gasteiger partial charge in [-0.2, -0.15) is 5.26 Å². The van der Waals surface area contributed by atoms with Crippen LogP contribution in [-0.2, 0) is 14.3 Å². The minimum Gasteiger partial charge on any atom is -0.494 e. The van der Waals surface area contributed by atoms with Crippen molar-refractivity contribution >= 4 is 24.0 Å². The first-order chi connectivity index (χ1) is 14.4. The minimum absolute atomic E-state index is 0.0478. The van der Waals surface area contributed by atoms with Crippen LogP contribution in [0.4, 0.5) is 4.79 Å². The number of hydrogen-bond donors (Lipinski definition) is 2. The van der Waals surface area contributed by atoms with Crippen LogP contribution in [0, 0.1) is 11.3 Å². The highest BCUT2D eigenvalue weighted by atomic mass is 16.5. The molecule has 1 saturated carbocycles. The zero-order valence-corrected chi connectivity index (χ0v) is 17.3. The number of nitrogens with one attached hydrogen (secondary N) is 2. The highest BCUT2D eigenvalue weighted by Crippen LogP contribution is 2.17. The SMILES string of the molecule is CCOc1ccc(/C=C(\C#N)C(=O)O[C@@H](C)C(=O)NC(=O)NC2CCCCC2)cc1. The fourth-order valence-corrected chi connectivity index (χ4v) is 3.09. The summed E-state index contributed by atoms with van der Waals surface area (Å²) in [5.41, 5.74) is 0.349. The fourth-order valence-electron chi connectivity index (χ4n) is 3.09. The number of esters is 1. The molecule has 1 fully saturated rings. The topological polar surface area (TPSA) is 118 Å². The molecule has 0 unspecified atom stereocenters. The Kier molecular flexibility index (Phi) is 8.88.